The second-order valence-corrected chi connectivity index (χ2v) is 10.3. The van der Waals surface area contributed by atoms with Crippen LogP contribution in [0.1, 0.15) is 23.6 Å². The van der Waals surface area contributed by atoms with Gasteiger partial charge in [-0.05, 0) is 17.7 Å². The van der Waals surface area contributed by atoms with Crippen LogP contribution in [-0.4, -0.2) is 48.8 Å². The fourth-order valence-electron chi connectivity index (χ4n) is 3.59. The largest absolute Gasteiger partial charge is 0.445 e. The van der Waals surface area contributed by atoms with Crippen molar-refractivity contribution in [3.8, 4) is 11.3 Å². The Kier molecular flexibility index (Phi) is 6.43. The zero-order chi connectivity index (χ0) is 21.8. The first-order valence-corrected chi connectivity index (χ1v) is 12.4. The molecule has 6 nitrogen and oxygen atoms in total. The number of benzene rings is 2. The fraction of sp³-hybridized carbons (Fsp3) is 0.304. The summed E-state index contributed by atoms with van der Waals surface area (Å²) in [5, 5.41) is 0.633. The van der Waals surface area contributed by atoms with Gasteiger partial charge in [-0.3, -0.25) is 4.79 Å². The van der Waals surface area contributed by atoms with E-state index in [2.05, 4.69) is 0 Å². The van der Waals surface area contributed by atoms with Crippen LogP contribution in [0.3, 0.4) is 0 Å². The van der Waals surface area contributed by atoms with Crippen molar-refractivity contribution in [2.75, 3.05) is 24.6 Å². The smallest absolute Gasteiger partial charge is 0.223 e. The van der Waals surface area contributed by atoms with Crippen LogP contribution in [0.4, 0.5) is 0 Å². The molecule has 1 fully saturated rings. The number of aryl methyl sites for hydroxylation is 1. The molecule has 0 aliphatic carbocycles. The first kappa shape index (κ1) is 21.6. The van der Waals surface area contributed by atoms with E-state index < -0.39 is 9.84 Å². The molecule has 1 aliphatic heterocycles. The molecule has 162 valence electrons. The van der Waals surface area contributed by atoms with Crippen LogP contribution in [0.15, 0.2) is 59.0 Å². The van der Waals surface area contributed by atoms with Crippen LogP contribution < -0.4 is 0 Å². The summed E-state index contributed by atoms with van der Waals surface area (Å²) in [4.78, 5) is 18.9. The third kappa shape index (κ3) is 5.54. The van der Waals surface area contributed by atoms with Gasteiger partial charge in [-0.15, -0.1) is 0 Å². The number of carbonyl (C=O) groups excluding carboxylic acids is 1. The molecule has 0 bridgehead atoms. The quantitative estimate of drug-likeness (QED) is 0.561. The third-order valence-corrected chi connectivity index (χ3v) is 7.18. The molecule has 1 amide bonds. The lowest BCUT2D eigenvalue weighted by molar-refractivity contribution is -0.130. The number of nitrogens with zero attached hydrogens (tertiary/aromatic N) is 2. The SMILES string of the molecule is O=C(CCc1oc(Cc2ccccc2)nc1-c1ccc(Cl)cc1)N1CCS(=O)(=O)CC1. The molecule has 3 aromatic rings. The number of aromatic nitrogens is 1. The molecule has 0 unspecified atom stereocenters. The van der Waals surface area contributed by atoms with Crippen LogP contribution in [0, 0.1) is 0 Å². The monoisotopic (exact) mass is 458 g/mol. The highest BCUT2D eigenvalue weighted by atomic mass is 35.5. The highest BCUT2D eigenvalue weighted by Crippen LogP contribution is 2.28. The maximum Gasteiger partial charge on any atom is 0.223 e. The first-order chi connectivity index (χ1) is 14.9. The van der Waals surface area contributed by atoms with Crippen LogP contribution in [0.25, 0.3) is 11.3 Å². The van der Waals surface area contributed by atoms with Crippen molar-refractivity contribution in [3.05, 3.63) is 76.8 Å². The van der Waals surface area contributed by atoms with Crippen LogP contribution in [0.2, 0.25) is 5.02 Å². The van der Waals surface area contributed by atoms with Crippen molar-refractivity contribution in [2.24, 2.45) is 0 Å². The molecule has 1 aliphatic rings. The van der Waals surface area contributed by atoms with Crippen molar-refractivity contribution in [1.29, 1.82) is 0 Å². The topological polar surface area (TPSA) is 80.5 Å². The third-order valence-electron chi connectivity index (χ3n) is 5.32. The van der Waals surface area contributed by atoms with E-state index in [0.29, 0.717) is 35.2 Å². The second kappa shape index (κ2) is 9.24. The molecule has 2 heterocycles. The second-order valence-electron chi connectivity index (χ2n) is 7.58. The number of amides is 1. The van der Waals surface area contributed by atoms with Gasteiger partial charge in [-0.25, -0.2) is 13.4 Å². The number of sulfone groups is 1. The molecule has 2 aromatic carbocycles. The zero-order valence-electron chi connectivity index (χ0n) is 17.0. The number of halogens is 1. The van der Waals surface area contributed by atoms with Gasteiger partial charge < -0.3 is 9.32 Å². The maximum absolute atomic E-state index is 12.6. The number of oxazole rings is 1. The summed E-state index contributed by atoms with van der Waals surface area (Å²) in [5.74, 6) is 1.21. The van der Waals surface area contributed by atoms with E-state index in [1.54, 1.807) is 17.0 Å². The molecule has 0 spiro atoms. The summed E-state index contributed by atoms with van der Waals surface area (Å²) >= 11 is 6.02. The Bertz CT molecular complexity index is 1140. The Morgan fingerprint density at radius 1 is 1.03 bits per heavy atom. The van der Waals surface area contributed by atoms with Gasteiger partial charge in [0.05, 0.1) is 11.5 Å². The first-order valence-electron chi connectivity index (χ1n) is 10.2. The van der Waals surface area contributed by atoms with Crippen LogP contribution in [-0.2, 0) is 27.5 Å². The Morgan fingerprint density at radius 3 is 2.39 bits per heavy atom. The van der Waals surface area contributed by atoms with E-state index in [-0.39, 0.29) is 36.9 Å². The summed E-state index contributed by atoms with van der Waals surface area (Å²) < 4.78 is 29.3. The molecule has 0 radical (unpaired) electrons. The summed E-state index contributed by atoms with van der Waals surface area (Å²) in [6.07, 6.45) is 1.18. The number of hydrogen-bond acceptors (Lipinski definition) is 5. The van der Waals surface area contributed by atoms with Gasteiger partial charge in [0.2, 0.25) is 5.91 Å². The maximum atomic E-state index is 12.6. The molecular formula is C23H23ClN2O4S. The normalized spacial score (nSPS) is 15.7. The summed E-state index contributed by atoms with van der Waals surface area (Å²) in [5.41, 5.74) is 2.67. The highest BCUT2D eigenvalue weighted by molar-refractivity contribution is 7.91. The van der Waals surface area contributed by atoms with Gasteiger partial charge in [0.25, 0.3) is 0 Å². The zero-order valence-corrected chi connectivity index (χ0v) is 18.5. The van der Waals surface area contributed by atoms with E-state index in [9.17, 15) is 13.2 Å². The van der Waals surface area contributed by atoms with E-state index in [1.807, 2.05) is 42.5 Å². The predicted octanol–water partition coefficient (Wildman–Crippen LogP) is 3.78. The van der Waals surface area contributed by atoms with Crippen LogP contribution in [0.5, 0.6) is 0 Å². The van der Waals surface area contributed by atoms with E-state index in [0.717, 1.165) is 11.1 Å². The Balaban J connectivity index is 1.52. The van der Waals surface area contributed by atoms with Crippen molar-refractivity contribution < 1.29 is 17.6 Å². The molecule has 8 heteroatoms. The van der Waals surface area contributed by atoms with Gasteiger partial charge in [-0.1, -0.05) is 54.1 Å². The summed E-state index contributed by atoms with van der Waals surface area (Å²) in [6, 6.07) is 17.3. The molecular weight excluding hydrogens is 436 g/mol. The molecule has 0 saturated carbocycles. The summed E-state index contributed by atoms with van der Waals surface area (Å²) in [6.45, 7) is 0.502. The molecule has 1 saturated heterocycles. The Morgan fingerprint density at radius 2 is 1.71 bits per heavy atom. The lowest BCUT2D eigenvalue weighted by Gasteiger charge is -2.26. The van der Waals surface area contributed by atoms with Gasteiger partial charge in [0, 0.05) is 42.9 Å². The van der Waals surface area contributed by atoms with Crippen molar-refractivity contribution in [3.63, 3.8) is 0 Å². The molecule has 0 N–H and O–H groups in total. The summed E-state index contributed by atoms with van der Waals surface area (Å²) in [7, 11) is -3.02. The Labute approximate surface area is 186 Å². The van der Waals surface area contributed by atoms with Crippen molar-refractivity contribution >= 4 is 27.3 Å². The van der Waals surface area contributed by atoms with Gasteiger partial charge in [-0.2, -0.15) is 0 Å². The molecule has 1 aromatic heterocycles. The van der Waals surface area contributed by atoms with Crippen molar-refractivity contribution in [2.45, 2.75) is 19.3 Å². The van der Waals surface area contributed by atoms with Crippen LogP contribution >= 0.6 is 11.6 Å². The number of hydrogen-bond donors (Lipinski definition) is 0. The fourth-order valence-corrected chi connectivity index (χ4v) is 4.92. The minimum atomic E-state index is -3.02. The lowest BCUT2D eigenvalue weighted by Crippen LogP contribution is -2.43. The number of rotatable bonds is 6. The highest BCUT2D eigenvalue weighted by Gasteiger charge is 2.25. The van der Waals surface area contributed by atoms with Crippen molar-refractivity contribution in [1.82, 2.24) is 9.88 Å². The average Bonchev–Trinajstić information content (AvgIpc) is 3.16. The predicted molar refractivity (Wildman–Crippen MR) is 120 cm³/mol. The number of carbonyl (C=O) groups is 1. The van der Waals surface area contributed by atoms with Gasteiger partial charge in [0.15, 0.2) is 15.7 Å². The minimum absolute atomic E-state index is 0.0261. The Hall–Kier alpha value is -2.64. The molecule has 31 heavy (non-hydrogen) atoms. The minimum Gasteiger partial charge on any atom is -0.445 e. The van der Waals surface area contributed by atoms with E-state index in [4.69, 9.17) is 21.0 Å². The van der Waals surface area contributed by atoms with Gasteiger partial charge >= 0.3 is 0 Å². The van der Waals surface area contributed by atoms with E-state index >= 15 is 0 Å². The lowest BCUT2D eigenvalue weighted by atomic mass is 10.1. The standard InChI is InChI=1S/C23H23ClN2O4S/c24-19-8-6-18(7-9-19)23-20(30-21(25-23)16-17-4-2-1-3-5-17)10-11-22(27)26-12-14-31(28,29)15-13-26/h1-9H,10-16H2. The van der Waals surface area contributed by atoms with Gasteiger partial charge in [0.1, 0.15) is 11.5 Å². The molecule has 4 rings (SSSR count). The average molecular weight is 459 g/mol. The van der Waals surface area contributed by atoms with E-state index in [1.165, 1.54) is 0 Å². The molecule has 0 atom stereocenters.